The number of carbonyl (C=O) groups is 2. The van der Waals surface area contributed by atoms with Gasteiger partial charge in [-0.2, -0.15) is 0 Å². The molecular weight excluding hydrogens is 291 g/mol. The van der Waals surface area contributed by atoms with Gasteiger partial charge in [-0.3, -0.25) is 9.59 Å². The molecule has 1 aromatic rings. The summed E-state index contributed by atoms with van der Waals surface area (Å²) in [5.74, 6) is -1.26. The van der Waals surface area contributed by atoms with Crippen molar-refractivity contribution in [1.29, 1.82) is 0 Å². The molecule has 0 saturated carbocycles. The fourth-order valence-corrected chi connectivity index (χ4v) is 1.52. The van der Waals surface area contributed by atoms with Crippen LogP contribution in [0.15, 0.2) is 22.7 Å². The molecule has 0 bridgehead atoms. The van der Waals surface area contributed by atoms with Gasteiger partial charge in [0, 0.05) is 24.5 Å². The molecular formula is C11H12BrFN2O2. The summed E-state index contributed by atoms with van der Waals surface area (Å²) in [6.07, 6.45) is 0. The second kappa shape index (κ2) is 6.34. The standard InChI is InChI=1S/C11H12BrFN2O2/c1-7(16)14-4-5-15-11(17)9-3-2-8(12)6-10(9)13/h2-3,6H,4-5H2,1H3,(H,14,16)(H,15,17). The van der Waals surface area contributed by atoms with Gasteiger partial charge in [-0.1, -0.05) is 15.9 Å². The molecule has 1 aromatic carbocycles. The van der Waals surface area contributed by atoms with E-state index < -0.39 is 11.7 Å². The molecule has 0 heterocycles. The summed E-state index contributed by atoms with van der Waals surface area (Å²) >= 11 is 3.11. The fourth-order valence-electron chi connectivity index (χ4n) is 1.18. The lowest BCUT2D eigenvalue weighted by Crippen LogP contribution is -2.34. The lowest BCUT2D eigenvalue weighted by molar-refractivity contribution is -0.118. The first kappa shape index (κ1) is 13.6. The molecule has 0 aromatic heterocycles. The van der Waals surface area contributed by atoms with Gasteiger partial charge in [0.1, 0.15) is 5.82 Å². The van der Waals surface area contributed by atoms with Crippen LogP contribution in [0.4, 0.5) is 4.39 Å². The first-order valence-electron chi connectivity index (χ1n) is 4.98. The predicted octanol–water partition coefficient (Wildman–Crippen LogP) is 1.45. The minimum atomic E-state index is -0.587. The van der Waals surface area contributed by atoms with Crippen molar-refractivity contribution >= 4 is 27.7 Å². The smallest absolute Gasteiger partial charge is 0.254 e. The van der Waals surface area contributed by atoms with Gasteiger partial charge >= 0.3 is 0 Å². The Morgan fingerprint density at radius 2 is 1.94 bits per heavy atom. The second-order valence-electron chi connectivity index (χ2n) is 3.36. The predicted molar refractivity (Wildman–Crippen MR) is 65.1 cm³/mol. The Hall–Kier alpha value is -1.43. The van der Waals surface area contributed by atoms with E-state index in [9.17, 15) is 14.0 Å². The number of benzene rings is 1. The average molecular weight is 303 g/mol. The Labute approximate surface area is 107 Å². The normalized spacial score (nSPS) is 9.82. The van der Waals surface area contributed by atoms with Gasteiger partial charge in [-0.15, -0.1) is 0 Å². The molecule has 6 heteroatoms. The van der Waals surface area contributed by atoms with E-state index in [0.717, 1.165) is 0 Å². The zero-order valence-corrected chi connectivity index (χ0v) is 10.8. The molecule has 4 nitrogen and oxygen atoms in total. The molecule has 17 heavy (non-hydrogen) atoms. The van der Waals surface area contributed by atoms with Crippen LogP contribution in [0.25, 0.3) is 0 Å². The molecule has 2 N–H and O–H groups in total. The third kappa shape index (κ3) is 4.52. The molecule has 0 spiro atoms. The Balaban J connectivity index is 2.50. The molecule has 0 aliphatic rings. The first-order valence-corrected chi connectivity index (χ1v) is 5.77. The van der Waals surface area contributed by atoms with Crippen molar-refractivity contribution < 1.29 is 14.0 Å². The monoisotopic (exact) mass is 302 g/mol. The third-order valence-corrected chi connectivity index (χ3v) is 2.45. The third-order valence-electron chi connectivity index (χ3n) is 1.96. The topological polar surface area (TPSA) is 58.2 Å². The van der Waals surface area contributed by atoms with Crippen molar-refractivity contribution in [1.82, 2.24) is 10.6 Å². The van der Waals surface area contributed by atoms with Crippen LogP contribution in [-0.2, 0) is 4.79 Å². The lowest BCUT2D eigenvalue weighted by Gasteiger charge is -2.06. The van der Waals surface area contributed by atoms with Gasteiger partial charge in [0.25, 0.3) is 5.91 Å². The van der Waals surface area contributed by atoms with Crippen molar-refractivity contribution in [2.75, 3.05) is 13.1 Å². The van der Waals surface area contributed by atoms with Crippen LogP contribution < -0.4 is 10.6 Å². The number of nitrogens with one attached hydrogen (secondary N) is 2. The quantitative estimate of drug-likeness (QED) is 0.827. The molecule has 92 valence electrons. The molecule has 0 aliphatic carbocycles. The van der Waals surface area contributed by atoms with Crippen LogP contribution in [0.1, 0.15) is 17.3 Å². The van der Waals surface area contributed by atoms with Crippen LogP contribution in [0, 0.1) is 5.82 Å². The largest absolute Gasteiger partial charge is 0.355 e. The maximum atomic E-state index is 13.4. The highest BCUT2D eigenvalue weighted by Gasteiger charge is 2.10. The summed E-state index contributed by atoms with van der Waals surface area (Å²) in [6.45, 7) is 1.96. The highest BCUT2D eigenvalue weighted by molar-refractivity contribution is 9.10. The molecule has 0 atom stereocenters. The minimum Gasteiger partial charge on any atom is -0.355 e. The zero-order valence-electron chi connectivity index (χ0n) is 9.22. The van der Waals surface area contributed by atoms with Gasteiger partial charge in [-0.05, 0) is 18.2 Å². The number of hydrogen-bond acceptors (Lipinski definition) is 2. The molecule has 1 rings (SSSR count). The summed E-state index contributed by atoms with van der Waals surface area (Å²) in [6, 6.07) is 4.21. The van der Waals surface area contributed by atoms with E-state index in [2.05, 4.69) is 26.6 Å². The van der Waals surface area contributed by atoms with Crippen LogP contribution in [0.3, 0.4) is 0 Å². The summed E-state index contributed by atoms with van der Waals surface area (Å²) in [4.78, 5) is 22.1. The minimum absolute atomic E-state index is 0.0176. The van der Waals surface area contributed by atoms with E-state index in [1.54, 1.807) is 6.07 Å². The van der Waals surface area contributed by atoms with Crippen molar-refractivity contribution in [2.24, 2.45) is 0 Å². The van der Waals surface area contributed by atoms with Crippen molar-refractivity contribution in [2.45, 2.75) is 6.92 Å². The van der Waals surface area contributed by atoms with E-state index in [1.807, 2.05) is 0 Å². The fraction of sp³-hybridized carbons (Fsp3) is 0.273. The maximum Gasteiger partial charge on any atom is 0.254 e. The average Bonchev–Trinajstić information content (AvgIpc) is 2.23. The zero-order chi connectivity index (χ0) is 12.8. The van der Waals surface area contributed by atoms with Gasteiger partial charge in [0.05, 0.1) is 5.56 Å². The second-order valence-corrected chi connectivity index (χ2v) is 4.28. The Morgan fingerprint density at radius 3 is 2.53 bits per heavy atom. The van der Waals surface area contributed by atoms with E-state index in [4.69, 9.17) is 0 Å². The molecule has 0 saturated heterocycles. The highest BCUT2D eigenvalue weighted by Crippen LogP contribution is 2.14. The molecule has 0 unspecified atom stereocenters. The van der Waals surface area contributed by atoms with E-state index in [1.165, 1.54) is 19.1 Å². The number of halogens is 2. The van der Waals surface area contributed by atoms with E-state index >= 15 is 0 Å². The molecule has 2 amide bonds. The molecule has 0 fully saturated rings. The first-order chi connectivity index (χ1) is 8.00. The summed E-state index contributed by atoms with van der Waals surface area (Å²) in [5, 5.41) is 5.03. The van der Waals surface area contributed by atoms with Crippen LogP contribution in [0.5, 0.6) is 0 Å². The number of hydrogen-bond donors (Lipinski definition) is 2. The number of rotatable bonds is 4. The summed E-state index contributed by atoms with van der Waals surface area (Å²) < 4.78 is 14.0. The molecule has 0 aliphatic heterocycles. The number of amides is 2. The van der Waals surface area contributed by atoms with Crippen molar-refractivity contribution in [3.63, 3.8) is 0 Å². The van der Waals surface area contributed by atoms with Crippen molar-refractivity contribution in [3.8, 4) is 0 Å². The van der Waals surface area contributed by atoms with Crippen molar-refractivity contribution in [3.05, 3.63) is 34.1 Å². The highest BCUT2D eigenvalue weighted by atomic mass is 79.9. The van der Waals surface area contributed by atoms with Crippen LogP contribution in [-0.4, -0.2) is 24.9 Å². The van der Waals surface area contributed by atoms with Gasteiger partial charge in [-0.25, -0.2) is 4.39 Å². The SMILES string of the molecule is CC(=O)NCCNC(=O)c1ccc(Br)cc1F. The van der Waals surface area contributed by atoms with Crippen LogP contribution >= 0.6 is 15.9 Å². The van der Waals surface area contributed by atoms with Crippen LogP contribution in [0.2, 0.25) is 0 Å². The summed E-state index contributed by atoms with van der Waals surface area (Å²) in [5.41, 5.74) is -0.0176. The van der Waals surface area contributed by atoms with E-state index in [0.29, 0.717) is 11.0 Å². The van der Waals surface area contributed by atoms with Gasteiger partial charge < -0.3 is 10.6 Å². The van der Waals surface area contributed by atoms with Gasteiger partial charge in [0.2, 0.25) is 5.91 Å². The lowest BCUT2D eigenvalue weighted by atomic mass is 10.2. The molecule has 0 radical (unpaired) electrons. The van der Waals surface area contributed by atoms with E-state index in [-0.39, 0.29) is 18.0 Å². The maximum absolute atomic E-state index is 13.4. The number of carbonyl (C=O) groups excluding carboxylic acids is 2. The Bertz CT molecular complexity index is 437. The Kier molecular flexibility index (Phi) is 5.09. The van der Waals surface area contributed by atoms with Gasteiger partial charge in [0.15, 0.2) is 0 Å². The summed E-state index contributed by atoms with van der Waals surface area (Å²) in [7, 11) is 0. The Morgan fingerprint density at radius 1 is 1.29 bits per heavy atom.